The zero-order valence-electron chi connectivity index (χ0n) is 14.2. The van der Waals surface area contributed by atoms with E-state index in [-0.39, 0.29) is 18.3 Å². The summed E-state index contributed by atoms with van der Waals surface area (Å²) in [4.78, 5) is 26.2. The van der Waals surface area contributed by atoms with Crippen molar-refractivity contribution in [3.63, 3.8) is 0 Å². The molecule has 0 radical (unpaired) electrons. The van der Waals surface area contributed by atoms with Crippen molar-refractivity contribution in [3.8, 4) is 5.75 Å². The minimum atomic E-state index is -0.781. The second kappa shape index (κ2) is 7.66. The molecule has 0 fully saturated rings. The molecule has 4 nitrogen and oxygen atoms in total. The number of carbonyl (C=O) groups is 2. The third kappa shape index (κ3) is 3.51. The van der Waals surface area contributed by atoms with E-state index in [1.165, 1.54) is 0 Å². The molecule has 2 atom stereocenters. The lowest BCUT2D eigenvalue weighted by atomic mass is 9.76. The van der Waals surface area contributed by atoms with Crippen molar-refractivity contribution in [1.29, 1.82) is 0 Å². The fourth-order valence-electron chi connectivity index (χ4n) is 3.25. The van der Waals surface area contributed by atoms with Crippen LogP contribution >= 0.6 is 11.3 Å². The highest BCUT2D eigenvalue weighted by Crippen LogP contribution is 2.43. The highest BCUT2D eigenvalue weighted by atomic mass is 32.1. The first-order valence-corrected chi connectivity index (χ1v) is 9.11. The molecule has 1 heterocycles. The van der Waals surface area contributed by atoms with Gasteiger partial charge in [-0.05, 0) is 42.5 Å². The van der Waals surface area contributed by atoms with E-state index in [1.54, 1.807) is 31.4 Å². The summed E-state index contributed by atoms with van der Waals surface area (Å²) in [6, 6.07) is 11.5. The Morgan fingerprint density at radius 3 is 2.72 bits per heavy atom. The maximum absolute atomic E-state index is 12.8. The van der Waals surface area contributed by atoms with Gasteiger partial charge in [0.2, 0.25) is 0 Å². The van der Waals surface area contributed by atoms with Crippen molar-refractivity contribution >= 4 is 28.7 Å². The average Bonchev–Trinajstić information content (AvgIpc) is 3.15. The van der Waals surface area contributed by atoms with Crippen LogP contribution in [-0.4, -0.2) is 25.5 Å². The molecule has 0 spiro atoms. The van der Waals surface area contributed by atoms with Gasteiger partial charge in [0.05, 0.1) is 13.7 Å². The largest absolute Gasteiger partial charge is 0.496 e. The number of allylic oxidation sites excluding steroid dienone is 2. The molecule has 3 rings (SSSR count). The van der Waals surface area contributed by atoms with E-state index in [9.17, 15) is 9.59 Å². The zero-order valence-corrected chi connectivity index (χ0v) is 15.0. The first kappa shape index (κ1) is 17.4. The minimum Gasteiger partial charge on any atom is -0.496 e. The highest BCUT2D eigenvalue weighted by Gasteiger charge is 2.40. The molecule has 25 heavy (non-hydrogen) atoms. The van der Waals surface area contributed by atoms with Gasteiger partial charge in [0.25, 0.3) is 0 Å². The molecule has 0 aliphatic heterocycles. The van der Waals surface area contributed by atoms with Crippen LogP contribution in [0.2, 0.25) is 0 Å². The predicted octanol–water partition coefficient (Wildman–Crippen LogP) is 4.08. The fraction of sp³-hybridized carbons (Fsp3) is 0.300. The van der Waals surface area contributed by atoms with E-state index < -0.39 is 11.9 Å². The number of benzene rings is 1. The molecule has 1 aromatic heterocycles. The van der Waals surface area contributed by atoms with E-state index in [4.69, 9.17) is 9.47 Å². The van der Waals surface area contributed by atoms with Crippen LogP contribution in [-0.2, 0) is 14.3 Å². The maximum Gasteiger partial charge on any atom is 0.317 e. The number of thiophene rings is 1. The molecule has 130 valence electrons. The number of hydrogen-bond donors (Lipinski definition) is 0. The van der Waals surface area contributed by atoms with Gasteiger partial charge >= 0.3 is 5.97 Å². The molecular formula is C20H20O4S. The van der Waals surface area contributed by atoms with Crippen LogP contribution < -0.4 is 4.74 Å². The number of ketones is 1. The predicted molar refractivity (Wildman–Crippen MR) is 97.8 cm³/mol. The normalized spacial score (nSPS) is 20.1. The fourth-order valence-corrected chi connectivity index (χ4v) is 4.12. The zero-order chi connectivity index (χ0) is 17.8. The average molecular weight is 356 g/mol. The van der Waals surface area contributed by atoms with Gasteiger partial charge in [-0.25, -0.2) is 0 Å². The van der Waals surface area contributed by atoms with Crippen molar-refractivity contribution in [2.45, 2.75) is 19.3 Å². The third-order valence-corrected chi connectivity index (χ3v) is 5.37. The Kier molecular flexibility index (Phi) is 5.34. The molecule has 5 heteroatoms. The van der Waals surface area contributed by atoms with E-state index in [0.717, 1.165) is 21.8 Å². The number of ether oxygens (including phenoxy) is 2. The molecule has 0 saturated heterocycles. The second-order valence-corrected chi connectivity index (χ2v) is 6.81. The molecular weight excluding hydrogens is 336 g/mol. The number of carbonyl (C=O) groups excluding carboxylic acids is 2. The second-order valence-electron chi connectivity index (χ2n) is 5.83. The van der Waals surface area contributed by atoms with E-state index in [1.807, 2.05) is 41.8 Å². The van der Waals surface area contributed by atoms with Crippen molar-refractivity contribution in [2.75, 3.05) is 13.7 Å². The summed E-state index contributed by atoms with van der Waals surface area (Å²) in [5, 5.41) is 1.96. The summed E-state index contributed by atoms with van der Waals surface area (Å²) >= 11 is 1.56. The lowest BCUT2D eigenvalue weighted by molar-refractivity contribution is -0.151. The molecule has 0 bridgehead atoms. The summed E-state index contributed by atoms with van der Waals surface area (Å²) < 4.78 is 10.6. The smallest absolute Gasteiger partial charge is 0.317 e. The van der Waals surface area contributed by atoms with E-state index in [2.05, 4.69) is 0 Å². The van der Waals surface area contributed by atoms with Gasteiger partial charge in [-0.1, -0.05) is 24.3 Å². The van der Waals surface area contributed by atoms with Gasteiger partial charge in [0.1, 0.15) is 11.7 Å². The monoisotopic (exact) mass is 356 g/mol. The summed E-state index contributed by atoms with van der Waals surface area (Å²) in [6.45, 7) is 2.02. The van der Waals surface area contributed by atoms with Crippen LogP contribution in [0.1, 0.15) is 29.7 Å². The molecule has 1 aromatic carbocycles. The quantitative estimate of drug-likeness (QED) is 0.598. The number of esters is 1. The Bertz CT molecular complexity index is 792. The molecule has 1 aliphatic carbocycles. The van der Waals surface area contributed by atoms with Crippen molar-refractivity contribution < 1.29 is 19.1 Å². The lowest BCUT2D eigenvalue weighted by Crippen LogP contribution is -2.33. The van der Waals surface area contributed by atoms with E-state index >= 15 is 0 Å². The Morgan fingerprint density at radius 2 is 2.04 bits per heavy atom. The first-order chi connectivity index (χ1) is 12.2. The topological polar surface area (TPSA) is 52.6 Å². The molecule has 2 aromatic rings. The van der Waals surface area contributed by atoms with Crippen molar-refractivity contribution in [2.24, 2.45) is 5.92 Å². The summed E-state index contributed by atoms with van der Waals surface area (Å²) in [6.07, 6.45) is 2.17. The Labute approximate surface area is 151 Å². The van der Waals surface area contributed by atoms with Gasteiger partial charge in [-0.2, -0.15) is 0 Å². The van der Waals surface area contributed by atoms with Crippen LogP contribution in [0, 0.1) is 5.92 Å². The van der Waals surface area contributed by atoms with Crippen LogP contribution in [0.3, 0.4) is 0 Å². The highest BCUT2D eigenvalue weighted by molar-refractivity contribution is 7.10. The number of methoxy groups -OCH3 is 1. The van der Waals surface area contributed by atoms with Crippen molar-refractivity contribution in [1.82, 2.24) is 0 Å². The maximum atomic E-state index is 12.8. The summed E-state index contributed by atoms with van der Waals surface area (Å²) in [5.74, 6) is -0.917. The van der Waals surface area contributed by atoms with Gasteiger partial charge < -0.3 is 9.47 Å². The molecule has 0 N–H and O–H groups in total. The minimum absolute atomic E-state index is 0.205. The van der Waals surface area contributed by atoms with Crippen LogP contribution in [0.25, 0.3) is 5.57 Å². The van der Waals surface area contributed by atoms with Gasteiger partial charge in [0, 0.05) is 16.4 Å². The van der Waals surface area contributed by atoms with Crippen LogP contribution in [0.15, 0.2) is 47.9 Å². The number of hydrogen-bond acceptors (Lipinski definition) is 5. The van der Waals surface area contributed by atoms with Crippen LogP contribution in [0.5, 0.6) is 5.75 Å². The SMILES string of the molecule is CCOC(=O)[C@H]1C(=O)C=C(c2ccccc2OC)C[C@@H]1c1cccs1. The Morgan fingerprint density at radius 1 is 1.24 bits per heavy atom. The lowest BCUT2D eigenvalue weighted by Gasteiger charge is -2.28. The first-order valence-electron chi connectivity index (χ1n) is 8.23. The van der Waals surface area contributed by atoms with Gasteiger partial charge in [-0.3, -0.25) is 9.59 Å². The van der Waals surface area contributed by atoms with Gasteiger partial charge in [0.15, 0.2) is 5.78 Å². The molecule has 0 saturated carbocycles. The van der Waals surface area contributed by atoms with Gasteiger partial charge in [-0.15, -0.1) is 11.3 Å². The number of para-hydroxylation sites is 1. The van der Waals surface area contributed by atoms with Crippen molar-refractivity contribution in [3.05, 3.63) is 58.3 Å². The third-order valence-electron chi connectivity index (χ3n) is 4.37. The van der Waals surface area contributed by atoms with E-state index in [0.29, 0.717) is 6.42 Å². The summed E-state index contributed by atoms with van der Waals surface area (Å²) in [7, 11) is 1.61. The van der Waals surface area contributed by atoms with Crippen LogP contribution in [0.4, 0.5) is 0 Å². The summed E-state index contributed by atoms with van der Waals surface area (Å²) in [5.41, 5.74) is 1.78. The molecule has 1 aliphatic rings. The molecule has 0 amide bonds. The Balaban J connectivity index is 2.02. The Hall–Kier alpha value is -2.40. The molecule has 0 unspecified atom stereocenters. The number of rotatable bonds is 5. The standard InChI is InChI=1S/C20H20O4S/c1-3-24-20(22)19-15(18-9-6-10-25-18)11-13(12-16(19)21)14-7-4-5-8-17(14)23-2/h4-10,12,15,19H,3,11H2,1-2H3/t15-,19-/m1/s1.